The van der Waals surface area contributed by atoms with Crippen LogP contribution in [0.4, 0.5) is 5.82 Å². The van der Waals surface area contributed by atoms with Crippen LogP contribution in [0.25, 0.3) is 0 Å². The highest BCUT2D eigenvalue weighted by molar-refractivity contribution is 5.92. The maximum absolute atomic E-state index is 10.9. The van der Waals surface area contributed by atoms with Crippen LogP contribution < -0.4 is 5.32 Å². The molecule has 0 aromatic carbocycles. The third-order valence-electron chi connectivity index (χ3n) is 2.28. The minimum Gasteiger partial charge on any atom is -0.478 e. The van der Waals surface area contributed by atoms with Crippen LogP contribution in [-0.2, 0) is 0 Å². The number of hydrogen-bond donors (Lipinski definition) is 2. The lowest BCUT2D eigenvalue weighted by atomic mass is 10.2. The molecule has 17 heavy (non-hydrogen) atoms. The molecule has 0 spiro atoms. The number of anilines is 1. The average Bonchev–Trinajstić information content (AvgIpc) is 2.28. The summed E-state index contributed by atoms with van der Waals surface area (Å²) in [7, 11) is 4.05. The van der Waals surface area contributed by atoms with E-state index < -0.39 is 5.97 Å². The molecule has 6 heteroatoms. The zero-order valence-electron chi connectivity index (χ0n) is 10.2. The Morgan fingerprint density at radius 1 is 1.47 bits per heavy atom. The van der Waals surface area contributed by atoms with Crippen molar-refractivity contribution in [1.82, 2.24) is 15.1 Å². The van der Waals surface area contributed by atoms with E-state index in [0.717, 1.165) is 19.4 Å². The molecule has 1 aromatic rings. The molecule has 0 aliphatic heterocycles. The van der Waals surface area contributed by atoms with Gasteiger partial charge >= 0.3 is 5.97 Å². The molecule has 0 amide bonds. The maximum Gasteiger partial charge on any atom is 0.339 e. The van der Waals surface area contributed by atoms with Crippen molar-refractivity contribution in [1.29, 1.82) is 0 Å². The number of carboxylic acids is 1. The molecule has 0 atom stereocenters. The van der Waals surface area contributed by atoms with Gasteiger partial charge in [0.15, 0.2) is 5.82 Å². The summed E-state index contributed by atoms with van der Waals surface area (Å²) in [5.41, 5.74) is 0.160. The van der Waals surface area contributed by atoms with Gasteiger partial charge in [-0.25, -0.2) is 4.79 Å². The fourth-order valence-corrected chi connectivity index (χ4v) is 1.39. The van der Waals surface area contributed by atoms with Crippen LogP contribution in [0.15, 0.2) is 12.3 Å². The molecule has 1 aromatic heterocycles. The monoisotopic (exact) mass is 238 g/mol. The van der Waals surface area contributed by atoms with E-state index in [1.165, 1.54) is 12.3 Å². The van der Waals surface area contributed by atoms with Gasteiger partial charge in [0.05, 0.1) is 6.20 Å². The van der Waals surface area contributed by atoms with E-state index in [1.54, 1.807) is 0 Å². The summed E-state index contributed by atoms with van der Waals surface area (Å²) >= 11 is 0. The van der Waals surface area contributed by atoms with E-state index in [1.807, 2.05) is 14.1 Å². The Labute approximate surface area is 101 Å². The second-order valence-corrected chi connectivity index (χ2v) is 4.04. The van der Waals surface area contributed by atoms with Gasteiger partial charge in [0.25, 0.3) is 0 Å². The molecule has 6 nitrogen and oxygen atoms in total. The number of aromatic carboxylic acids is 1. The lowest BCUT2D eigenvalue weighted by molar-refractivity contribution is 0.0697. The van der Waals surface area contributed by atoms with Crippen LogP contribution >= 0.6 is 0 Å². The lowest BCUT2D eigenvalue weighted by Crippen LogP contribution is -2.15. The van der Waals surface area contributed by atoms with Crippen molar-refractivity contribution in [2.45, 2.75) is 12.8 Å². The molecular weight excluding hydrogens is 220 g/mol. The second-order valence-electron chi connectivity index (χ2n) is 4.04. The molecule has 1 rings (SSSR count). The maximum atomic E-state index is 10.9. The first kappa shape index (κ1) is 13.4. The highest BCUT2D eigenvalue weighted by atomic mass is 16.4. The summed E-state index contributed by atoms with van der Waals surface area (Å²) in [6.45, 7) is 1.72. The van der Waals surface area contributed by atoms with Gasteiger partial charge in [-0.1, -0.05) is 0 Å². The quantitative estimate of drug-likeness (QED) is 0.688. The van der Waals surface area contributed by atoms with Gasteiger partial charge in [0, 0.05) is 6.54 Å². The van der Waals surface area contributed by atoms with E-state index in [9.17, 15) is 4.79 Å². The molecule has 94 valence electrons. The molecule has 0 fully saturated rings. The third kappa shape index (κ3) is 4.78. The van der Waals surface area contributed by atoms with Crippen molar-refractivity contribution in [2.24, 2.45) is 0 Å². The molecule has 0 saturated carbocycles. The Hall–Kier alpha value is -1.69. The van der Waals surface area contributed by atoms with Crippen LogP contribution in [0, 0.1) is 0 Å². The number of carbonyl (C=O) groups is 1. The number of carboxylic acid groups (broad SMARTS) is 1. The topological polar surface area (TPSA) is 78.3 Å². The minimum absolute atomic E-state index is 0.160. The highest BCUT2D eigenvalue weighted by Gasteiger charge is 2.10. The number of nitrogens with one attached hydrogen (secondary N) is 1. The Bertz CT molecular complexity index is 368. The third-order valence-corrected chi connectivity index (χ3v) is 2.28. The van der Waals surface area contributed by atoms with Gasteiger partial charge < -0.3 is 15.3 Å². The van der Waals surface area contributed by atoms with Gasteiger partial charge in [0.2, 0.25) is 0 Å². The van der Waals surface area contributed by atoms with Crippen molar-refractivity contribution >= 4 is 11.8 Å². The summed E-state index contributed by atoms with van der Waals surface area (Å²) in [5.74, 6) is -0.652. The molecule has 0 saturated heterocycles. The lowest BCUT2D eigenvalue weighted by Gasteiger charge is -2.10. The van der Waals surface area contributed by atoms with Gasteiger partial charge in [-0.3, -0.25) is 0 Å². The molecular formula is C11H18N4O2. The van der Waals surface area contributed by atoms with E-state index in [-0.39, 0.29) is 5.56 Å². The molecule has 0 radical (unpaired) electrons. The average molecular weight is 238 g/mol. The van der Waals surface area contributed by atoms with Crippen molar-refractivity contribution in [2.75, 3.05) is 32.5 Å². The predicted octanol–water partition coefficient (Wildman–Crippen LogP) is 0.928. The van der Waals surface area contributed by atoms with E-state index >= 15 is 0 Å². The zero-order valence-corrected chi connectivity index (χ0v) is 10.2. The van der Waals surface area contributed by atoms with E-state index in [2.05, 4.69) is 20.4 Å². The molecule has 0 aliphatic carbocycles. The van der Waals surface area contributed by atoms with Crippen LogP contribution in [-0.4, -0.2) is 53.4 Å². The fourth-order valence-electron chi connectivity index (χ4n) is 1.39. The zero-order chi connectivity index (χ0) is 12.7. The molecule has 0 bridgehead atoms. The first-order valence-corrected chi connectivity index (χ1v) is 5.55. The number of aromatic nitrogens is 2. The Kier molecular flexibility index (Phi) is 5.35. The molecule has 0 unspecified atom stereocenters. The van der Waals surface area contributed by atoms with Gasteiger partial charge in [-0.05, 0) is 39.5 Å². The fraction of sp³-hybridized carbons (Fsp3) is 0.545. The Balaban J connectivity index is 2.39. The van der Waals surface area contributed by atoms with Gasteiger partial charge in [-0.15, -0.1) is 5.10 Å². The molecule has 0 aliphatic rings. The number of nitrogens with zero attached hydrogens (tertiary/aromatic N) is 3. The van der Waals surface area contributed by atoms with Crippen LogP contribution in [0.1, 0.15) is 23.2 Å². The largest absolute Gasteiger partial charge is 0.478 e. The number of rotatable bonds is 7. The first-order valence-electron chi connectivity index (χ1n) is 5.55. The van der Waals surface area contributed by atoms with Crippen molar-refractivity contribution < 1.29 is 9.90 Å². The Morgan fingerprint density at radius 2 is 2.24 bits per heavy atom. The van der Waals surface area contributed by atoms with E-state index in [0.29, 0.717) is 12.4 Å². The normalized spacial score (nSPS) is 10.5. The SMILES string of the molecule is CN(C)CCCCNc1nnccc1C(=O)O. The molecule has 1 heterocycles. The summed E-state index contributed by atoms with van der Waals surface area (Å²) in [6.07, 6.45) is 3.40. The standard InChI is InChI=1S/C11H18N4O2/c1-15(2)8-4-3-6-12-10-9(11(16)17)5-7-13-14-10/h5,7H,3-4,6,8H2,1-2H3,(H,12,14)(H,16,17). The summed E-state index contributed by atoms with van der Waals surface area (Å²) in [5, 5.41) is 19.4. The second kappa shape index (κ2) is 6.80. The summed E-state index contributed by atoms with van der Waals surface area (Å²) in [4.78, 5) is 13.0. The highest BCUT2D eigenvalue weighted by Crippen LogP contribution is 2.09. The number of unbranched alkanes of at least 4 members (excludes halogenated alkanes) is 1. The van der Waals surface area contributed by atoms with Crippen molar-refractivity contribution in [3.05, 3.63) is 17.8 Å². The van der Waals surface area contributed by atoms with Crippen LogP contribution in [0.3, 0.4) is 0 Å². The van der Waals surface area contributed by atoms with E-state index in [4.69, 9.17) is 5.11 Å². The smallest absolute Gasteiger partial charge is 0.339 e. The first-order chi connectivity index (χ1) is 8.11. The molecule has 2 N–H and O–H groups in total. The predicted molar refractivity (Wildman–Crippen MR) is 65.3 cm³/mol. The summed E-state index contributed by atoms with van der Waals surface area (Å²) in [6, 6.07) is 1.44. The van der Waals surface area contributed by atoms with Crippen molar-refractivity contribution in [3.8, 4) is 0 Å². The van der Waals surface area contributed by atoms with Gasteiger partial charge in [0.1, 0.15) is 5.56 Å². The van der Waals surface area contributed by atoms with Crippen LogP contribution in [0.5, 0.6) is 0 Å². The summed E-state index contributed by atoms with van der Waals surface area (Å²) < 4.78 is 0. The minimum atomic E-state index is -0.990. The van der Waals surface area contributed by atoms with Gasteiger partial charge in [-0.2, -0.15) is 5.10 Å². The van der Waals surface area contributed by atoms with Crippen LogP contribution in [0.2, 0.25) is 0 Å². The number of hydrogen-bond acceptors (Lipinski definition) is 5. The van der Waals surface area contributed by atoms with Crippen molar-refractivity contribution in [3.63, 3.8) is 0 Å². The Morgan fingerprint density at radius 3 is 2.88 bits per heavy atom.